The fraction of sp³-hybridized carbons (Fsp3) is 0.625. The van der Waals surface area contributed by atoms with Gasteiger partial charge in [0.2, 0.25) is 10.0 Å². The molecule has 0 heterocycles. The molecule has 118 valence electrons. The lowest BCUT2D eigenvalue weighted by atomic mass is 10.0. The topological polar surface area (TPSA) is 58.2 Å². The maximum Gasteiger partial charge on any atom is 0.240 e. The Bertz CT molecular complexity index is 557. The molecule has 1 aromatic rings. The number of sulfonamides is 1. The van der Waals surface area contributed by atoms with Crippen molar-refractivity contribution < 1.29 is 8.42 Å². The van der Waals surface area contributed by atoms with Crippen LogP contribution in [0.15, 0.2) is 29.2 Å². The smallest absolute Gasteiger partial charge is 0.240 e. The number of benzene rings is 1. The Hall–Kier alpha value is -0.910. The summed E-state index contributed by atoms with van der Waals surface area (Å²) >= 11 is 0. The summed E-state index contributed by atoms with van der Waals surface area (Å²) in [5.74, 6) is 0.707. The molecule has 1 aliphatic carbocycles. The van der Waals surface area contributed by atoms with E-state index in [1.165, 1.54) is 6.42 Å². The Balaban J connectivity index is 2.08. The minimum Gasteiger partial charge on any atom is -0.316 e. The lowest BCUT2D eigenvalue weighted by Gasteiger charge is -2.17. The summed E-state index contributed by atoms with van der Waals surface area (Å²) in [5.41, 5.74) is 0.981. The maximum absolute atomic E-state index is 12.5. The molecule has 2 atom stereocenters. The molecule has 21 heavy (non-hydrogen) atoms. The summed E-state index contributed by atoms with van der Waals surface area (Å²) < 4.78 is 27.9. The van der Waals surface area contributed by atoms with Crippen molar-refractivity contribution >= 4 is 10.0 Å². The first kappa shape index (κ1) is 16.5. The van der Waals surface area contributed by atoms with Crippen LogP contribution >= 0.6 is 0 Å². The van der Waals surface area contributed by atoms with Crippen molar-refractivity contribution in [2.75, 3.05) is 7.05 Å². The predicted octanol–water partition coefficient (Wildman–Crippen LogP) is 2.65. The zero-order chi connectivity index (χ0) is 15.3. The van der Waals surface area contributed by atoms with E-state index in [1.54, 1.807) is 18.2 Å². The van der Waals surface area contributed by atoms with Gasteiger partial charge in [-0.3, -0.25) is 0 Å². The Labute approximate surface area is 128 Å². The van der Waals surface area contributed by atoms with Gasteiger partial charge < -0.3 is 5.32 Å². The predicted molar refractivity (Wildman–Crippen MR) is 85.6 cm³/mol. The molecule has 1 saturated carbocycles. The maximum atomic E-state index is 12.5. The van der Waals surface area contributed by atoms with Crippen LogP contribution in [0.3, 0.4) is 0 Å². The molecule has 0 aromatic heterocycles. The van der Waals surface area contributed by atoms with Crippen molar-refractivity contribution in [3.05, 3.63) is 29.8 Å². The quantitative estimate of drug-likeness (QED) is 0.822. The van der Waals surface area contributed by atoms with E-state index in [1.807, 2.05) is 13.1 Å². The summed E-state index contributed by atoms with van der Waals surface area (Å²) in [6.07, 6.45) is 5.30. The fourth-order valence-electron chi connectivity index (χ4n) is 2.92. The molecule has 0 saturated heterocycles. The first-order valence-electron chi connectivity index (χ1n) is 7.77. The zero-order valence-electron chi connectivity index (χ0n) is 12.9. The average Bonchev–Trinajstić information content (AvgIpc) is 2.64. The fourth-order valence-corrected chi connectivity index (χ4v) is 4.29. The van der Waals surface area contributed by atoms with Gasteiger partial charge in [-0.05, 0) is 49.9 Å². The van der Waals surface area contributed by atoms with Crippen molar-refractivity contribution in [1.82, 2.24) is 10.0 Å². The first-order chi connectivity index (χ1) is 10.0. The third kappa shape index (κ3) is 4.80. The second-order valence-corrected chi connectivity index (χ2v) is 7.82. The van der Waals surface area contributed by atoms with Crippen molar-refractivity contribution in [1.29, 1.82) is 0 Å². The normalized spacial score (nSPS) is 23.7. The van der Waals surface area contributed by atoms with Crippen molar-refractivity contribution in [2.45, 2.75) is 56.5 Å². The van der Waals surface area contributed by atoms with Gasteiger partial charge in [0, 0.05) is 12.6 Å². The van der Waals surface area contributed by atoms with Gasteiger partial charge >= 0.3 is 0 Å². The molecule has 0 aliphatic heterocycles. The first-order valence-corrected chi connectivity index (χ1v) is 9.25. The average molecular weight is 310 g/mol. The summed E-state index contributed by atoms with van der Waals surface area (Å²) in [4.78, 5) is 0.368. The van der Waals surface area contributed by atoms with Gasteiger partial charge in [-0.25, -0.2) is 13.1 Å². The van der Waals surface area contributed by atoms with Gasteiger partial charge in [0.1, 0.15) is 0 Å². The Morgan fingerprint density at radius 2 is 2.00 bits per heavy atom. The third-order valence-corrected chi connectivity index (χ3v) is 5.69. The van der Waals surface area contributed by atoms with Gasteiger partial charge in [-0.2, -0.15) is 0 Å². The van der Waals surface area contributed by atoms with E-state index in [0.29, 0.717) is 17.4 Å². The molecular weight excluding hydrogens is 284 g/mol. The molecule has 4 nitrogen and oxygen atoms in total. The Kier molecular flexibility index (Phi) is 5.79. The van der Waals surface area contributed by atoms with Gasteiger partial charge in [0.05, 0.1) is 4.90 Å². The highest BCUT2D eigenvalue weighted by Crippen LogP contribution is 2.24. The van der Waals surface area contributed by atoms with Gasteiger partial charge in [-0.15, -0.1) is 0 Å². The SMILES string of the molecule is CNCc1cccc(S(=O)(=O)NC2CCCC(C)CC2)c1. The van der Waals surface area contributed by atoms with Crippen LogP contribution in [0.1, 0.15) is 44.6 Å². The second kappa shape index (κ2) is 7.38. The molecule has 2 N–H and O–H groups in total. The lowest BCUT2D eigenvalue weighted by molar-refractivity contribution is 0.484. The van der Waals surface area contributed by atoms with E-state index in [2.05, 4.69) is 17.0 Å². The minimum absolute atomic E-state index is 0.0768. The molecule has 1 aliphatic rings. The van der Waals surface area contributed by atoms with Crippen LogP contribution in [0.2, 0.25) is 0 Å². The molecule has 2 rings (SSSR count). The number of hydrogen-bond donors (Lipinski definition) is 2. The second-order valence-electron chi connectivity index (χ2n) is 6.11. The number of nitrogens with one attached hydrogen (secondary N) is 2. The summed E-state index contributed by atoms with van der Waals surface area (Å²) in [7, 11) is -1.56. The molecule has 0 amide bonds. The van der Waals surface area contributed by atoms with Crippen LogP contribution in [0.4, 0.5) is 0 Å². The van der Waals surface area contributed by atoms with Crippen LogP contribution in [-0.4, -0.2) is 21.5 Å². The van der Waals surface area contributed by atoms with E-state index >= 15 is 0 Å². The monoisotopic (exact) mass is 310 g/mol. The van der Waals surface area contributed by atoms with Crippen molar-refractivity contribution in [2.24, 2.45) is 5.92 Å². The van der Waals surface area contributed by atoms with Crippen LogP contribution in [0.25, 0.3) is 0 Å². The van der Waals surface area contributed by atoms with Gasteiger partial charge in [0.15, 0.2) is 0 Å². The summed E-state index contributed by atoms with van der Waals surface area (Å²) in [6, 6.07) is 7.23. The zero-order valence-corrected chi connectivity index (χ0v) is 13.7. The molecule has 1 aromatic carbocycles. The highest BCUT2D eigenvalue weighted by Gasteiger charge is 2.22. The van der Waals surface area contributed by atoms with Crippen molar-refractivity contribution in [3.8, 4) is 0 Å². The van der Waals surface area contributed by atoms with Crippen LogP contribution in [0.5, 0.6) is 0 Å². The Morgan fingerprint density at radius 1 is 1.19 bits per heavy atom. The molecule has 0 radical (unpaired) electrons. The van der Waals surface area contributed by atoms with Gasteiger partial charge in [-0.1, -0.05) is 31.9 Å². The third-order valence-electron chi connectivity index (χ3n) is 4.17. The van der Waals surface area contributed by atoms with Crippen LogP contribution < -0.4 is 10.0 Å². The van der Waals surface area contributed by atoms with Gasteiger partial charge in [0.25, 0.3) is 0 Å². The molecule has 0 bridgehead atoms. The van der Waals surface area contributed by atoms with E-state index in [4.69, 9.17) is 0 Å². The Morgan fingerprint density at radius 3 is 2.76 bits per heavy atom. The van der Waals surface area contributed by atoms with Crippen LogP contribution in [0, 0.1) is 5.92 Å². The van der Waals surface area contributed by atoms with E-state index in [-0.39, 0.29) is 6.04 Å². The molecule has 0 spiro atoms. The lowest BCUT2D eigenvalue weighted by Crippen LogP contribution is -2.34. The molecule has 1 fully saturated rings. The number of hydrogen-bond acceptors (Lipinski definition) is 3. The standard InChI is InChI=1S/C16H26N2O2S/c1-13-5-3-7-15(10-9-13)18-21(19,20)16-8-4-6-14(11-16)12-17-2/h4,6,8,11,13,15,17-18H,3,5,7,9-10,12H2,1-2H3. The number of rotatable bonds is 5. The van der Waals surface area contributed by atoms with E-state index in [9.17, 15) is 8.42 Å². The van der Waals surface area contributed by atoms with Crippen molar-refractivity contribution in [3.63, 3.8) is 0 Å². The highest BCUT2D eigenvalue weighted by atomic mass is 32.2. The molecule has 2 unspecified atom stereocenters. The summed E-state index contributed by atoms with van der Waals surface area (Å²) in [5, 5.41) is 3.04. The summed E-state index contributed by atoms with van der Waals surface area (Å²) in [6.45, 7) is 2.92. The molecule has 5 heteroatoms. The largest absolute Gasteiger partial charge is 0.316 e. The highest BCUT2D eigenvalue weighted by molar-refractivity contribution is 7.89. The van der Waals surface area contributed by atoms with E-state index in [0.717, 1.165) is 31.2 Å². The van der Waals surface area contributed by atoms with E-state index < -0.39 is 10.0 Å². The minimum atomic E-state index is -3.41. The molecular formula is C16H26N2O2S. The van der Waals surface area contributed by atoms with Crippen LogP contribution in [-0.2, 0) is 16.6 Å².